The summed E-state index contributed by atoms with van der Waals surface area (Å²) in [6.07, 6.45) is 1.20. The van der Waals surface area contributed by atoms with E-state index in [4.69, 9.17) is 9.47 Å². The molecule has 0 spiro atoms. The summed E-state index contributed by atoms with van der Waals surface area (Å²) in [5, 5.41) is 5.75. The van der Waals surface area contributed by atoms with Crippen LogP contribution < -0.4 is 15.4 Å². The maximum Gasteiger partial charge on any atom is 0.253 e. The topological polar surface area (TPSA) is 76.7 Å². The van der Waals surface area contributed by atoms with Crippen molar-refractivity contribution in [1.29, 1.82) is 0 Å². The number of rotatable bonds is 8. The summed E-state index contributed by atoms with van der Waals surface area (Å²) >= 11 is 0. The smallest absolute Gasteiger partial charge is 0.253 e. The zero-order valence-corrected chi connectivity index (χ0v) is 17.8. The molecular weight excluding hydrogens is 404 g/mol. The molecule has 0 aromatic heterocycles. The molecule has 164 valence electrons. The van der Waals surface area contributed by atoms with Gasteiger partial charge in [-0.1, -0.05) is 48.5 Å². The summed E-state index contributed by atoms with van der Waals surface area (Å²) in [7, 11) is 0. The van der Waals surface area contributed by atoms with Crippen molar-refractivity contribution in [2.24, 2.45) is 0 Å². The maximum absolute atomic E-state index is 12.6. The van der Waals surface area contributed by atoms with E-state index in [1.54, 1.807) is 24.3 Å². The van der Waals surface area contributed by atoms with Crippen LogP contribution in [0.15, 0.2) is 78.9 Å². The van der Waals surface area contributed by atoms with Crippen LogP contribution in [0.5, 0.6) is 5.75 Å². The standard InChI is InChI=1S/C26H26N2O4/c29-25(21-10-5-11-22(16-21)28-26(30)24-13-6-14-31-24)27-17-20-9-4-12-23(15-20)32-18-19-7-2-1-3-8-19/h1-5,7-12,15-16,24H,6,13-14,17-18H2,(H,27,29)(H,28,30). The second-order valence-corrected chi connectivity index (χ2v) is 7.68. The van der Waals surface area contributed by atoms with E-state index in [1.165, 1.54) is 0 Å². The third kappa shape index (κ3) is 5.95. The lowest BCUT2D eigenvalue weighted by molar-refractivity contribution is -0.124. The summed E-state index contributed by atoms with van der Waals surface area (Å²) in [6.45, 7) is 1.47. The molecule has 0 bridgehead atoms. The number of carbonyl (C=O) groups excluding carboxylic acids is 2. The quantitative estimate of drug-likeness (QED) is 0.558. The molecule has 0 saturated carbocycles. The van der Waals surface area contributed by atoms with E-state index in [1.807, 2.05) is 54.6 Å². The predicted molar refractivity (Wildman–Crippen MR) is 122 cm³/mol. The minimum absolute atomic E-state index is 0.174. The van der Waals surface area contributed by atoms with Crippen molar-refractivity contribution in [3.05, 3.63) is 95.6 Å². The van der Waals surface area contributed by atoms with Gasteiger partial charge in [-0.25, -0.2) is 0 Å². The molecule has 1 unspecified atom stereocenters. The summed E-state index contributed by atoms with van der Waals surface area (Å²) in [5.74, 6) is 0.362. The van der Waals surface area contributed by atoms with Crippen LogP contribution in [0.4, 0.5) is 5.69 Å². The van der Waals surface area contributed by atoms with E-state index < -0.39 is 6.10 Å². The summed E-state index contributed by atoms with van der Waals surface area (Å²) in [6, 6.07) is 24.5. The lowest BCUT2D eigenvalue weighted by Crippen LogP contribution is -2.27. The Kier molecular flexibility index (Phi) is 7.15. The normalized spacial score (nSPS) is 15.2. The molecule has 1 aliphatic heterocycles. The molecule has 6 heteroatoms. The number of amides is 2. The van der Waals surface area contributed by atoms with Crippen LogP contribution in [-0.4, -0.2) is 24.5 Å². The number of anilines is 1. The third-order valence-corrected chi connectivity index (χ3v) is 5.21. The van der Waals surface area contributed by atoms with Crippen LogP contribution in [0.2, 0.25) is 0 Å². The van der Waals surface area contributed by atoms with Crippen molar-refractivity contribution in [2.45, 2.75) is 32.1 Å². The fourth-order valence-corrected chi connectivity index (χ4v) is 3.52. The molecule has 0 aliphatic carbocycles. The Morgan fingerprint density at radius 3 is 2.56 bits per heavy atom. The van der Waals surface area contributed by atoms with Gasteiger partial charge in [-0.15, -0.1) is 0 Å². The van der Waals surface area contributed by atoms with E-state index in [2.05, 4.69) is 10.6 Å². The molecule has 1 fully saturated rings. The number of nitrogens with one attached hydrogen (secondary N) is 2. The van der Waals surface area contributed by atoms with Crippen molar-refractivity contribution in [1.82, 2.24) is 5.32 Å². The molecule has 0 radical (unpaired) electrons. The molecule has 6 nitrogen and oxygen atoms in total. The summed E-state index contributed by atoms with van der Waals surface area (Å²) in [5.41, 5.74) is 3.09. The minimum atomic E-state index is -0.413. The van der Waals surface area contributed by atoms with Crippen molar-refractivity contribution in [2.75, 3.05) is 11.9 Å². The molecular formula is C26H26N2O4. The van der Waals surface area contributed by atoms with E-state index >= 15 is 0 Å². The Bertz CT molecular complexity index is 1060. The number of carbonyl (C=O) groups is 2. The minimum Gasteiger partial charge on any atom is -0.489 e. The van der Waals surface area contributed by atoms with Crippen LogP contribution in [0.25, 0.3) is 0 Å². The third-order valence-electron chi connectivity index (χ3n) is 5.21. The molecule has 1 saturated heterocycles. The van der Waals surface area contributed by atoms with Crippen molar-refractivity contribution < 1.29 is 19.1 Å². The largest absolute Gasteiger partial charge is 0.489 e. The number of hydrogen-bond donors (Lipinski definition) is 2. The first-order valence-corrected chi connectivity index (χ1v) is 10.7. The molecule has 32 heavy (non-hydrogen) atoms. The average molecular weight is 431 g/mol. The van der Waals surface area contributed by atoms with Crippen LogP contribution in [0.1, 0.15) is 34.3 Å². The Hall–Kier alpha value is -3.64. The van der Waals surface area contributed by atoms with Gasteiger partial charge in [0.25, 0.3) is 11.8 Å². The van der Waals surface area contributed by atoms with E-state index in [-0.39, 0.29) is 11.8 Å². The van der Waals surface area contributed by atoms with Gasteiger partial charge in [0.15, 0.2) is 0 Å². The first-order chi connectivity index (χ1) is 15.7. The second kappa shape index (κ2) is 10.6. The van der Waals surface area contributed by atoms with E-state index in [0.29, 0.717) is 31.0 Å². The van der Waals surface area contributed by atoms with E-state index in [0.717, 1.165) is 29.7 Å². The number of hydrogen-bond acceptors (Lipinski definition) is 4. The number of benzene rings is 3. The van der Waals surface area contributed by atoms with Crippen LogP contribution in [0, 0.1) is 0 Å². The Labute approximate surface area is 187 Å². The van der Waals surface area contributed by atoms with Crippen molar-refractivity contribution >= 4 is 17.5 Å². The first kappa shape index (κ1) is 21.6. The maximum atomic E-state index is 12.6. The molecule has 3 aromatic rings. The Balaban J connectivity index is 1.31. The molecule has 1 aliphatic rings. The summed E-state index contributed by atoms with van der Waals surface area (Å²) < 4.78 is 11.3. The van der Waals surface area contributed by atoms with Gasteiger partial charge in [0.1, 0.15) is 18.5 Å². The molecule has 1 heterocycles. The lowest BCUT2D eigenvalue weighted by Gasteiger charge is -2.12. The first-order valence-electron chi connectivity index (χ1n) is 10.7. The molecule has 3 aromatic carbocycles. The monoisotopic (exact) mass is 430 g/mol. The van der Waals surface area contributed by atoms with Gasteiger partial charge in [-0.3, -0.25) is 9.59 Å². The molecule has 4 rings (SSSR count). The second-order valence-electron chi connectivity index (χ2n) is 7.68. The predicted octanol–water partition coefficient (Wildman–Crippen LogP) is 4.31. The van der Waals surface area contributed by atoms with Gasteiger partial charge >= 0.3 is 0 Å². The highest BCUT2D eigenvalue weighted by Crippen LogP contribution is 2.17. The molecule has 2 N–H and O–H groups in total. The van der Waals surface area contributed by atoms with Gasteiger partial charge in [-0.05, 0) is 54.3 Å². The highest BCUT2D eigenvalue weighted by Gasteiger charge is 2.23. The van der Waals surface area contributed by atoms with Crippen molar-refractivity contribution in [3.63, 3.8) is 0 Å². The fourth-order valence-electron chi connectivity index (χ4n) is 3.52. The highest BCUT2D eigenvalue weighted by molar-refractivity contribution is 5.98. The average Bonchev–Trinajstić information content (AvgIpc) is 3.38. The molecule has 2 amide bonds. The lowest BCUT2D eigenvalue weighted by atomic mass is 10.1. The van der Waals surface area contributed by atoms with Crippen LogP contribution >= 0.6 is 0 Å². The van der Waals surface area contributed by atoms with Gasteiger partial charge in [0.05, 0.1) is 0 Å². The Morgan fingerprint density at radius 1 is 0.938 bits per heavy atom. The van der Waals surface area contributed by atoms with Gasteiger partial charge < -0.3 is 20.1 Å². The van der Waals surface area contributed by atoms with Gasteiger partial charge in [-0.2, -0.15) is 0 Å². The SMILES string of the molecule is O=C(NCc1cccc(OCc2ccccc2)c1)c1cccc(NC(=O)C2CCCO2)c1. The highest BCUT2D eigenvalue weighted by atomic mass is 16.5. The number of ether oxygens (including phenoxy) is 2. The van der Waals surface area contributed by atoms with Crippen LogP contribution in [0.3, 0.4) is 0 Å². The summed E-state index contributed by atoms with van der Waals surface area (Å²) in [4.78, 5) is 24.9. The van der Waals surface area contributed by atoms with E-state index in [9.17, 15) is 9.59 Å². The molecule has 1 atom stereocenters. The zero-order chi connectivity index (χ0) is 22.2. The van der Waals surface area contributed by atoms with Gasteiger partial charge in [0, 0.05) is 24.4 Å². The Morgan fingerprint density at radius 2 is 1.75 bits per heavy atom. The van der Waals surface area contributed by atoms with Crippen molar-refractivity contribution in [3.8, 4) is 5.75 Å². The fraction of sp³-hybridized carbons (Fsp3) is 0.231. The van der Waals surface area contributed by atoms with Crippen LogP contribution in [-0.2, 0) is 22.7 Å². The zero-order valence-electron chi connectivity index (χ0n) is 17.8. The van der Waals surface area contributed by atoms with Gasteiger partial charge in [0.2, 0.25) is 0 Å².